The average molecular weight is 245 g/mol. The molecule has 2 aromatic rings. The second kappa shape index (κ2) is 4.41. The van der Waals surface area contributed by atoms with E-state index in [4.69, 9.17) is 13.0 Å². The molecule has 0 aliphatic rings. The van der Waals surface area contributed by atoms with Crippen LogP contribution in [0.1, 0.15) is 33.6 Å². The topological polar surface area (TPSA) is 42.2 Å². The Labute approximate surface area is 105 Å². The van der Waals surface area contributed by atoms with Crippen molar-refractivity contribution in [3.8, 4) is 0 Å². The zero-order chi connectivity index (χ0) is 12.6. The van der Waals surface area contributed by atoms with E-state index < -0.39 is 5.97 Å². The number of nitrogens with zero attached hydrogens (tertiary/aromatic N) is 1. The lowest BCUT2D eigenvalue weighted by molar-refractivity contribution is 0.0695. The van der Waals surface area contributed by atoms with Crippen LogP contribution in [0.15, 0.2) is 23.8 Å². The number of aryl methyl sites for hydroxylation is 1. The highest BCUT2D eigenvalue weighted by Crippen LogP contribution is 2.29. The summed E-state index contributed by atoms with van der Waals surface area (Å²) >= 11 is 1.55. The highest BCUT2D eigenvalue weighted by atomic mass is 32.1. The number of carbonyl (C=O) groups is 1. The molecule has 2 rings (SSSR count). The van der Waals surface area contributed by atoms with Gasteiger partial charge < -0.3 is 9.67 Å². The second-order valence-corrected chi connectivity index (χ2v) is 5.04. The molecule has 1 N–H and O–H groups in total. The van der Waals surface area contributed by atoms with E-state index in [9.17, 15) is 4.79 Å². The fourth-order valence-corrected chi connectivity index (χ4v) is 2.75. The monoisotopic (exact) mass is 245 g/mol. The third-order valence-electron chi connectivity index (χ3n) is 2.75. The van der Waals surface area contributed by atoms with Crippen molar-refractivity contribution in [2.45, 2.75) is 12.8 Å². The molecule has 0 fully saturated rings. The number of rotatable bonds is 3. The first kappa shape index (κ1) is 12.0. The first-order chi connectivity index (χ1) is 7.99. The zero-order valence-electron chi connectivity index (χ0n) is 9.68. The first-order valence-corrected chi connectivity index (χ1v) is 6.10. The number of aromatic nitrogens is 1. The number of hydrogen-bond acceptors (Lipinski definition) is 2. The minimum absolute atomic E-state index is 0.0459. The minimum Gasteiger partial charge on any atom is -0.478 e. The van der Waals surface area contributed by atoms with Crippen molar-refractivity contribution in [1.82, 2.24) is 4.57 Å². The van der Waals surface area contributed by atoms with Gasteiger partial charge in [0.2, 0.25) is 0 Å². The van der Waals surface area contributed by atoms with Gasteiger partial charge in [-0.2, -0.15) is 0 Å². The van der Waals surface area contributed by atoms with Gasteiger partial charge in [0.15, 0.2) is 0 Å². The van der Waals surface area contributed by atoms with Gasteiger partial charge in [0, 0.05) is 30.2 Å². The van der Waals surface area contributed by atoms with Crippen molar-refractivity contribution in [3.63, 3.8) is 0 Å². The Kier molecular flexibility index (Phi) is 3.11. The molecule has 0 saturated heterocycles. The molecule has 1 atom stereocenters. The van der Waals surface area contributed by atoms with Crippen LogP contribution in [0.5, 0.6) is 0 Å². The summed E-state index contributed by atoms with van der Waals surface area (Å²) in [6.45, 7) is 1.99. The van der Waals surface area contributed by atoms with Crippen LogP contribution in [0.3, 0.4) is 0 Å². The van der Waals surface area contributed by atoms with E-state index in [2.05, 4.69) is 0 Å². The van der Waals surface area contributed by atoms with Crippen LogP contribution in [-0.4, -0.2) is 23.5 Å². The molecule has 0 aliphatic carbocycles. The second-order valence-electron chi connectivity index (χ2n) is 4.10. The summed E-state index contributed by atoms with van der Waals surface area (Å²) in [6, 6.07) is 1.90. The lowest BCUT2D eigenvalue weighted by atomic mass is 9.94. The van der Waals surface area contributed by atoms with Crippen LogP contribution >= 0.6 is 11.3 Å². The van der Waals surface area contributed by atoms with Gasteiger partial charge in [-0.3, -0.25) is 0 Å². The van der Waals surface area contributed by atoms with E-state index in [0.29, 0.717) is 5.56 Å². The average Bonchev–Trinajstić information content (AvgIpc) is 2.83. The van der Waals surface area contributed by atoms with Gasteiger partial charge in [-0.05, 0) is 10.9 Å². The standard InChI is InChI=1S/C12H12BNO2S/c1-7(11-3-8(13)6-17-11)9-4-14(2)5-10(9)12(15)16/h3-7H,1-2H3,(H,15,16). The SMILES string of the molecule is [B]c1csc(C(C)c2cn(C)cc2C(=O)O)c1. The predicted octanol–water partition coefficient (Wildman–Crippen LogP) is 1.73. The highest BCUT2D eigenvalue weighted by molar-refractivity contribution is 7.11. The molecular formula is C12H12BNO2S. The molecule has 5 heteroatoms. The van der Waals surface area contributed by atoms with Gasteiger partial charge in [-0.15, -0.1) is 11.3 Å². The Morgan fingerprint density at radius 2 is 2.24 bits per heavy atom. The van der Waals surface area contributed by atoms with E-state index in [1.165, 1.54) is 0 Å². The Balaban J connectivity index is 2.43. The van der Waals surface area contributed by atoms with Crippen LogP contribution in [-0.2, 0) is 7.05 Å². The third-order valence-corrected chi connectivity index (χ3v) is 3.88. The molecule has 0 saturated carbocycles. The fraction of sp³-hybridized carbons (Fsp3) is 0.250. The van der Waals surface area contributed by atoms with Gasteiger partial charge in [-0.25, -0.2) is 4.79 Å². The molecule has 2 aromatic heterocycles. The molecule has 0 amide bonds. The van der Waals surface area contributed by atoms with E-state index >= 15 is 0 Å². The Morgan fingerprint density at radius 3 is 2.76 bits per heavy atom. The third kappa shape index (κ3) is 2.29. The first-order valence-electron chi connectivity index (χ1n) is 5.22. The fourth-order valence-electron chi connectivity index (χ4n) is 1.88. The van der Waals surface area contributed by atoms with E-state index in [1.54, 1.807) is 22.1 Å². The summed E-state index contributed by atoms with van der Waals surface area (Å²) < 4.78 is 1.77. The molecular weight excluding hydrogens is 233 g/mol. The van der Waals surface area contributed by atoms with Gasteiger partial charge in [0.05, 0.1) is 5.56 Å². The predicted molar refractivity (Wildman–Crippen MR) is 69.6 cm³/mol. The maximum Gasteiger partial charge on any atom is 0.337 e. The Bertz CT molecular complexity index is 559. The van der Waals surface area contributed by atoms with Crippen LogP contribution in [0, 0.1) is 0 Å². The summed E-state index contributed by atoms with van der Waals surface area (Å²) in [5.74, 6) is -0.846. The molecule has 0 bridgehead atoms. The van der Waals surface area contributed by atoms with Crippen molar-refractivity contribution in [3.05, 3.63) is 39.8 Å². The van der Waals surface area contributed by atoms with Crippen molar-refractivity contribution >= 4 is 30.6 Å². The van der Waals surface area contributed by atoms with Crippen molar-refractivity contribution in [1.29, 1.82) is 0 Å². The number of carboxylic acids is 1. The van der Waals surface area contributed by atoms with Crippen LogP contribution < -0.4 is 5.46 Å². The molecule has 1 unspecified atom stereocenters. The summed E-state index contributed by atoms with van der Waals surface area (Å²) in [5, 5.41) is 11.0. The normalized spacial score (nSPS) is 12.6. The maximum absolute atomic E-state index is 11.1. The summed E-state index contributed by atoms with van der Waals surface area (Å²) in [5.41, 5.74) is 1.90. The van der Waals surface area contributed by atoms with Gasteiger partial charge >= 0.3 is 5.97 Å². The largest absolute Gasteiger partial charge is 0.478 e. The van der Waals surface area contributed by atoms with E-state index in [0.717, 1.165) is 15.9 Å². The van der Waals surface area contributed by atoms with Crippen LogP contribution in [0.4, 0.5) is 0 Å². The summed E-state index contributed by atoms with van der Waals surface area (Å²) in [6.07, 6.45) is 3.48. The number of aromatic carboxylic acids is 1. The molecule has 0 aliphatic heterocycles. The molecule has 3 nitrogen and oxygen atoms in total. The zero-order valence-corrected chi connectivity index (χ0v) is 10.5. The smallest absolute Gasteiger partial charge is 0.337 e. The summed E-state index contributed by atoms with van der Waals surface area (Å²) in [4.78, 5) is 12.2. The van der Waals surface area contributed by atoms with Gasteiger partial charge in [0.1, 0.15) is 7.85 Å². The Morgan fingerprint density at radius 1 is 1.53 bits per heavy atom. The molecule has 2 radical (unpaired) electrons. The lowest BCUT2D eigenvalue weighted by Gasteiger charge is -2.08. The summed E-state index contributed by atoms with van der Waals surface area (Å²) in [7, 11) is 7.51. The van der Waals surface area contributed by atoms with Crippen LogP contribution in [0.2, 0.25) is 0 Å². The van der Waals surface area contributed by atoms with Crippen LogP contribution in [0.25, 0.3) is 0 Å². The maximum atomic E-state index is 11.1. The molecule has 86 valence electrons. The molecule has 2 heterocycles. The number of hydrogen-bond donors (Lipinski definition) is 1. The number of thiophene rings is 1. The van der Waals surface area contributed by atoms with Gasteiger partial charge in [0.25, 0.3) is 0 Å². The number of carboxylic acid groups (broad SMARTS) is 1. The van der Waals surface area contributed by atoms with E-state index in [1.807, 2.05) is 31.6 Å². The Hall–Kier alpha value is -1.49. The quantitative estimate of drug-likeness (QED) is 0.837. The van der Waals surface area contributed by atoms with Crippen molar-refractivity contribution in [2.24, 2.45) is 7.05 Å². The minimum atomic E-state index is -0.892. The van der Waals surface area contributed by atoms with Crippen molar-refractivity contribution < 1.29 is 9.90 Å². The highest BCUT2D eigenvalue weighted by Gasteiger charge is 2.19. The van der Waals surface area contributed by atoms with Gasteiger partial charge in [-0.1, -0.05) is 18.5 Å². The van der Waals surface area contributed by atoms with Crippen molar-refractivity contribution in [2.75, 3.05) is 0 Å². The molecule has 0 aromatic carbocycles. The molecule has 0 spiro atoms. The lowest BCUT2D eigenvalue weighted by Crippen LogP contribution is -2.03. The van der Waals surface area contributed by atoms with E-state index in [-0.39, 0.29) is 5.92 Å². The molecule has 17 heavy (non-hydrogen) atoms.